The second-order valence-corrected chi connectivity index (χ2v) is 3.74. The fourth-order valence-corrected chi connectivity index (χ4v) is 1.08. The summed E-state index contributed by atoms with van der Waals surface area (Å²) in [5.74, 6) is -3.24. The smallest absolute Gasteiger partial charge is 0.450 e. The highest BCUT2D eigenvalue weighted by Gasteiger charge is 2.39. The predicted molar refractivity (Wildman–Crippen MR) is 63.1 cm³/mol. The summed E-state index contributed by atoms with van der Waals surface area (Å²) in [6.45, 7) is 3.25. The molecule has 1 N–H and O–H groups in total. The van der Waals surface area contributed by atoms with Gasteiger partial charge in [0, 0.05) is 18.8 Å². The molecule has 0 spiro atoms. The van der Waals surface area contributed by atoms with E-state index in [1.165, 1.54) is 11.6 Å². The molecule has 1 rings (SSSR count). The molecule has 20 heavy (non-hydrogen) atoms. The number of H-pyrrole nitrogens is 1. The van der Waals surface area contributed by atoms with E-state index < -0.39 is 24.3 Å². The molecule has 9 heteroatoms. The van der Waals surface area contributed by atoms with E-state index >= 15 is 0 Å². The number of alkyl halides is 3. The second kappa shape index (κ2) is 7.51. The summed E-state index contributed by atoms with van der Waals surface area (Å²) in [5.41, 5.74) is 0.917. The lowest BCUT2D eigenvalue weighted by Gasteiger charge is -2.03. The average molecular weight is 296 g/mol. The molecule has 6 nitrogen and oxygen atoms in total. The van der Waals surface area contributed by atoms with Gasteiger partial charge in [-0.25, -0.2) is 0 Å². The molecule has 0 amide bonds. The normalized spacial score (nSPS) is 10.5. The Morgan fingerprint density at radius 1 is 1.40 bits per heavy atom. The van der Waals surface area contributed by atoms with Crippen molar-refractivity contribution in [3.63, 3.8) is 0 Å². The maximum atomic E-state index is 11.5. The number of aromatic nitrogens is 2. The minimum atomic E-state index is -4.95. The van der Waals surface area contributed by atoms with E-state index in [2.05, 4.69) is 9.84 Å². The largest absolute Gasteiger partial charge is 0.466 e. The number of carbonyl (C=O) groups is 2. The number of nitrogens with zero attached hydrogens (tertiary/aromatic N) is 1. The number of halogens is 3. The summed E-state index contributed by atoms with van der Waals surface area (Å²) in [5, 5.41) is 2.81. The monoisotopic (exact) mass is 296 g/mol. The van der Waals surface area contributed by atoms with Gasteiger partial charge in [-0.2, -0.15) is 13.2 Å². The van der Waals surface area contributed by atoms with Crippen LogP contribution in [0.3, 0.4) is 0 Å². The average Bonchev–Trinajstić information content (AvgIpc) is 2.55. The summed E-state index contributed by atoms with van der Waals surface area (Å²) in [4.78, 5) is 31.1. The summed E-state index contributed by atoms with van der Waals surface area (Å²) in [6.07, 6.45) is -6.19. The third kappa shape index (κ3) is 6.76. The van der Waals surface area contributed by atoms with Gasteiger partial charge in [0.25, 0.3) is 5.56 Å². The SMILES string of the molecule is CCOC(=O)CC(=O)C(F)(F)F.Cc1cc(=O)n(C)[nH]1. The van der Waals surface area contributed by atoms with Gasteiger partial charge in [-0.05, 0) is 13.8 Å². The van der Waals surface area contributed by atoms with E-state index in [9.17, 15) is 27.6 Å². The van der Waals surface area contributed by atoms with Crippen LogP contribution in [0.15, 0.2) is 10.9 Å². The Morgan fingerprint density at radius 2 is 1.95 bits per heavy atom. The number of hydrogen-bond acceptors (Lipinski definition) is 4. The Labute approximate surface area is 112 Å². The van der Waals surface area contributed by atoms with Gasteiger partial charge >= 0.3 is 12.1 Å². The number of aryl methyl sites for hydroxylation is 2. The maximum absolute atomic E-state index is 11.5. The van der Waals surface area contributed by atoms with Gasteiger partial charge in [0.15, 0.2) is 0 Å². The van der Waals surface area contributed by atoms with Crippen LogP contribution in [0, 0.1) is 6.92 Å². The zero-order chi connectivity index (χ0) is 15.9. The molecule has 1 aromatic rings. The Bertz CT molecular complexity index is 516. The first-order valence-electron chi connectivity index (χ1n) is 5.56. The number of nitrogens with one attached hydrogen (secondary N) is 1. The van der Waals surface area contributed by atoms with E-state index in [0.29, 0.717) is 0 Å². The molecule has 114 valence electrons. The van der Waals surface area contributed by atoms with E-state index in [0.717, 1.165) is 5.69 Å². The molecule has 0 saturated carbocycles. The van der Waals surface area contributed by atoms with E-state index in [1.54, 1.807) is 13.1 Å². The fraction of sp³-hybridized carbons (Fsp3) is 0.545. The number of aromatic amines is 1. The molecule has 0 aliphatic carbocycles. The molecule has 0 saturated heterocycles. The lowest BCUT2D eigenvalue weighted by molar-refractivity contribution is -0.174. The molecule has 0 aliphatic heterocycles. The van der Waals surface area contributed by atoms with Gasteiger partial charge in [0.2, 0.25) is 5.78 Å². The molecule has 0 aromatic carbocycles. The highest BCUT2D eigenvalue weighted by atomic mass is 19.4. The fourth-order valence-electron chi connectivity index (χ4n) is 1.08. The molecule has 0 atom stereocenters. The summed E-state index contributed by atoms with van der Waals surface area (Å²) in [6, 6.07) is 1.56. The van der Waals surface area contributed by atoms with Gasteiger partial charge in [0.1, 0.15) is 6.42 Å². The number of esters is 1. The number of hydrogen-bond donors (Lipinski definition) is 1. The molecule has 1 heterocycles. The topological polar surface area (TPSA) is 81.2 Å². The van der Waals surface area contributed by atoms with Crippen LogP contribution in [-0.4, -0.2) is 34.3 Å². The van der Waals surface area contributed by atoms with Crippen molar-refractivity contribution in [3.05, 3.63) is 22.1 Å². The lowest BCUT2D eigenvalue weighted by atomic mass is 10.3. The van der Waals surface area contributed by atoms with Crippen molar-refractivity contribution in [1.82, 2.24) is 9.78 Å². The second-order valence-electron chi connectivity index (χ2n) is 3.74. The van der Waals surface area contributed by atoms with Crippen molar-refractivity contribution in [3.8, 4) is 0 Å². The maximum Gasteiger partial charge on any atom is 0.450 e. The van der Waals surface area contributed by atoms with E-state index in [4.69, 9.17) is 0 Å². The quantitative estimate of drug-likeness (QED) is 0.669. The first-order chi connectivity index (χ1) is 9.07. The van der Waals surface area contributed by atoms with Gasteiger partial charge in [-0.3, -0.25) is 19.1 Å². The molecular formula is C11H15F3N2O4. The summed E-state index contributed by atoms with van der Waals surface area (Å²) < 4.78 is 40.1. The Balaban J connectivity index is 0.000000388. The molecule has 0 fully saturated rings. The number of rotatable bonds is 3. The Hall–Kier alpha value is -2.06. The van der Waals surface area contributed by atoms with Gasteiger partial charge in [-0.1, -0.05) is 0 Å². The Morgan fingerprint density at radius 3 is 2.20 bits per heavy atom. The third-order valence-electron chi connectivity index (χ3n) is 1.94. The van der Waals surface area contributed by atoms with Crippen LogP contribution in [-0.2, 0) is 21.4 Å². The van der Waals surface area contributed by atoms with Crippen molar-refractivity contribution in [2.75, 3.05) is 6.61 Å². The Kier molecular flexibility index (Phi) is 6.74. The minimum absolute atomic E-state index is 0.0162. The van der Waals surface area contributed by atoms with Crippen molar-refractivity contribution in [1.29, 1.82) is 0 Å². The zero-order valence-corrected chi connectivity index (χ0v) is 11.2. The van der Waals surface area contributed by atoms with Crippen LogP contribution in [0.2, 0.25) is 0 Å². The van der Waals surface area contributed by atoms with Crippen LogP contribution in [0.25, 0.3) is 0 Å². The van der Waals surface area contributed by atoms with Crippen LogP contribution in [0.1, 0.15) is 19.0 Å². The molecule has 0 aliphatic rings. The van der Waals surface area contributed by atoms with Crippen LogP contribution in [0.5, 0.6) is 0 Å². The van der Waals surface area contributed by atoms with Gasteiger partial charge < -0.3 is 9.84 Å². The lowest BCUT2D eigenvalue weighted by Crippen LogP contribution is -2.26. The van der Waals surface area contributed by atoms with Crippen molar-refractivity contribution in [2.24, 2.45) is 7.05 Å². The standard InChI is InChI=1S/C6H7F3O3.C5H8N2O/c1-2-12-5(11)3-4(10)6(7,8)9;1-4-3-5(8)7(2)6-4/h2-3H2,1H3;3,6H,1-2H3. The number of carbonyl (C=O) groups excluding carboxylic acids is 2. The highest BCUT2D eigenvalue weighted by molar-refractivity contribution is 5.98. The summed E-state index contributed by atoms with van der Waals surface area (Å²) >= 11 is 0. The minimum Gasteiger partial charge on any atom is -0.466 e. The molecule has 0 unspecified atom stereocenters. The van der Waals surface area contributed by atoms with E-state index in [1.807, 2.05) is 6.92 Å². The van der Waals surface area contributed by atoms with Gasteiger partial charge in [-0.15, -0.1) is 0 Å². The van der Waals surface area contributed by atoms with Crippen molar-refractivity contribution in [2.45, 2.75) is 26.4 Å². The first kappa shape index (κ1) is 17.9. The zero-order valence-electron chi connectivity index (χ0n) is 11.2. The van der Waals surface area contributed by atoms with Crippen molar-refractivity contribution >= 4 is 11.8 Å². The first-order valence-corrected chi connectivity index (χ1v) is 5.56. The number of ether oxygens (including phenoxy) is 1. The number of Topliss-reactive ketones (excluding diaryl/α,β-unsaturated/α-hetero) is 1. The predicted octanol–water partition coefficient (Wildman–Crippen LogP) is 1.09. The molecule has 0 bridgehead atoms. The molecular weight excluding hydrogens is 281 g/mol. The van der Waals surface area contributed by atoms with Crippen LogP contribution < -0.4 is 5.56 Å². The van der Waals surface area contributed by atoms with E-state index in [-0.39, 0.29) is 12.2 Å². The molecule has 1 aromatic heterocycles. The highest BCUT2D eigenvalue weighted by Crippen LogP contribution is 2.17. The van der Waals surface area contributed by atoms with Crippen molar-refractivity contribution < 1.29 is 27.5 Å². The van der Waals surface area contributed by atoms with Gasteiger partial charge in [0.05, 0.1) is 6.61 Å². The number of ketones is 1. The third-order valence-corrected chi connectivity index (χ3v) is 1.94. The summed E-state index contributed by atoms with van der Waals surface area (Å²) in [7, 11) is 1.69. The van der Waals surface area contributed by atoms with Crippen LogP contribution >= 0.6 is 0 Å². The molecule has 0 radical (unpaired) electrons. The van der Waals surface area contributed by atoms with Crippen LogP contribution in [0.4, 0.5) is 13.2 Å².